The average molecular weight is 658 g/mol. The number of methoxy groups -OCH3 is 1. The Bertz CT molecular complexity index is 2000. The Morgan fingerprint density at radius 1 is 0.711 bits per heavy atom. The minimum Gasteiger partial charge on any atom is -0.465 e. The molecule has 0 radical (unpaired) electrons. The van der Waals surface area contributed by atoms with Crippen LogP contribution in [0.4, 0.5) is 11.4 Å². The van der Waals surface area contributed by atoms with Crippen LogP contribution in [-0.2, 0) is 27.2 Å². The first-order valence-electron chi connectivity index (χ1n) is 14.0. The summed E-state index contributed by atoms with van der Waals surface area (Å²) >= 11 is 3.42. The lowest BCUT2D eigenvalue weighted by molar-refractivity contribution is -0.118. The molecule has 0 atom stereocenters. The normalized spacial score (nSPS) is 13.6. The Labute approximate surface area is 268 Å². The van der Waals surface area contributed by atoms with Crippen molar-refractivity contribution in [1.82, 2.24) is 0 Å². The van der Waals surface area contributed by atoms with Crippen LogP contribution < -0.4 is 0 Å². The highest BCUT2D eigenvalue weighted by Gasteiger charge is 2.20. The van der Waals surface area contributed by atoms with Crippen LogP contribution in [0.5, 0.6) is 0 Å². The Balaban J connectivity index is 0.000000179. The van der Waals surface area contributed by atoms with Crippen LogP contribution in [0.15, 0.2) is 99.4 Å². The summed E-state index contributed by atoms with van der Waals surface area (Å²) in [6.07, 6.45) is 1.09. The Morgan fingerprint density at radius 2 is 1.22 bits per heavy atom. The number of carbonyl (C=O) groups excluding carboxylic acids is 3. The van der Waals surface area contributed by atoms with Crippen molar-refractivity contribution in [3.63, 3.8) is 0 Å². The van der Waals surface area contributed by atoms with E-state index in [0.717, 1.165) is 32.6 Å². The summed E-state index contributed by atoms with van der Waals surface area (Å²) in [6.45, 7) is 0. The van der Waals surface area contributed by atoms with Gasteiger partial charge in [-0.25, -0.2) is 4.79 Å². The van der Waals surface area contributed by atoms with Crippen molar-refractivity contribution in [2.45, 2.75) is 25.7 Å². The molecular formula is C36H25BrN4O4. The van der Waals surface area contributed by atoms with Crippen LogP contribution in [0, 0.1) is 22.7 Å². The number of nitriles is 2. The molecule has 9 heteroatoms. The summed E-state index contributed by atoms with van der Waals surface area (Å²) in [6, 6.07) is 29.2. The fraction of sp³-hybridized carbons (Fsp3) is 0.139. The average Bonchev–Trinajstić information content (AvgIpc) is 3.33. The maximum absolute atomic E-state index is 12.3. The van der Waals surface area contributed by atoms with Crippen molar-refractivity contribution in [2.75, 3.05) is 7.11 Å². The summed E-state index contributed by atoms with van der Waals surface area (Å²) < 4.78 is 5.65. The van der Waals surface area contributed by atoms with Gasteiger partial charge < -0.3 is 4.74 Å². The number of ether oxygens (including phenoxy) is 1. The standard InChI is InChI=1S/C19H14N2O3.C17H11BrN2O/c1-24-19(23)14-5-6-17-15(8-14)9-16(22)10-18(21-17)13-4-2-3-12(7-13)11-20;18-14-4-5-16-13(7-14)8-15(21)9-17(20-16)12-3-1-2-11(6-12)10-19/h2-8H,9-10H2,1H3;1-7H,8-9H2. The predicted octanol–water partition coefficient (Wildman–Crippen LogP) is 6.94. The van der Waals surface area contributed by atoms with E-state index in [-0.39, 0.29) is 24.4 Å². The molecule has 220 valence electrons. The van der Waals surface area contributed by atoms with E-state index in [1.807, 2.05) is 36.4 Å². The molecule has 4 aromatic rings. The van der Waals surface area contributed by atoms with Gasteiger partial charge >= 0.3 is 5.97 Å². The van der Waals surface area contributed by atoms with Gasteiger partial charge in [0.2, 0.25) is 0 Å². The highest BCUT2D eigenvalue weighted by molar-refractivity contribution is 9.10. The molecule has 0 unspecified atom stereocenters. The van der Waals surface area contributed by atoms with Gasteiger partial charge in [-0.1, -0.05) is 40.2 Å². The van der Waals surface area contributed by atoms with E-state index in [1.165, 1.54) is 7.11 Å². The number of aliphatic imine (C=N–C) groups is 2. The minimum absolute atomic E-state index is 0.0110. The largest absolute Gasteiger partial charge is 0.465 e. The van der Waals surface area contributed by atoms with Gasteiger partial charge in [0.1, 0.15) is 11.6 Å². The number of carbonyl (C=O) groups is 3. The van der Waals surface area contributed by atoms with Gasteiger partial charge in [0.15, 0.2) is 0 Å². The number of rotatable bonds is 3. The minimum atomic E-state index is -0.444. The molecule has 0 aromatic heterocycles. The lowest BCUT2D eigenvalue weighted by Gasteiger charge is -2.05. The topological polar surface area (TPSA) is 133 Å². The van der Waals surface area contributed by atoms with E-state index >= 15 is 0 Å². The molecule has 0 amide bonds. The number of hydrogen-bond acceptors (Lipinski definition) is 8. The summed E-state index contributed by atoms with van der Waals surface area (Å²) in [7, 11) is 1.32. The second-order valence-electron chi connectivity index (χ2n) is 10.4. The number of benzene rings is 4. The lowest BCUT2D eigenvalue weighted by atomic mass is 10.0. The molecule has 0 aliphatic carbocycles. The second kappa shape index (κ2) is 13.9. The van der Waals surface area contributed by atoms with E-state index < -0.39 is 5.97 Å². The van der Waals surface area contributed by atoms with Gasteiger partial charge in [-0.05, 0) is 82.9 Å². The summed E-state index contributed by atoms with van der Waals surface area (Å²) in [5.74, 6) is -0.301. The lowest BCUT2D eigenvalue weighted by Crippen LogP contribution is -2.09. The number of halogens is 1. The zero-order chi connectivity index (χ0) is 31.9. The molecule has 0 spiro atoms. The molecular weight excluding hydrogens is 632 g/mol. The third-order valence-electron chi connectivity index (χ3n) is 7.21. The quantitative estimate of drug-likeness (QED) is 0.219. The van der Waals surface area contributed by atoms with Gasteiger partial charge in [0, 0.05) is 30.2 Å². The number of ketones is 2. The molecule has 6 rings (SSSR count). The zero-order valence-electron chi connectivity index (χ0n) is 24.2. The van der Waals surface area contributed by atoms with Crippen molar-refractivity contribution in [3.8, 4) is 12.1 Å². The highest BCUT2D eigenvalue weighted by atomic mass is 79.9. The third kappa shape index (κ3) is 7.53. The Hall–Kier alpha value is -5.51. The van der Waals surface area contributed by atoms with Crippen LogP contribution in [0.25, 0.3) is 0 Å². The predicted molar refractivity (Wildman–Crippen MR) is 173 cm³/mol. The second-order valence-corrected chi connectivity index (χ2v) is 11.3. The first-order chi connectivity index (χ1) is 21.8. The fourth-order valence-electron chi connectivity index (χ4n) is 5.05. The molecule has 0 saturated carbocycles. The van der Waals surface area contributed by atoms with Gasteiger partial charge in [-0.3, -0.25) is 19.6 Å². The molecule has 0 fully saturated rings. The van der Waals surface area contributed by atoms with Crippen molar-refractivity contribution >= 4 is 56.3 Å². The highest BCUT2D eigenvalue weighted by Crippen LogP contribution is 2.29. The van der Waals surface area contributed by atoms with Crippen LogP contribution >= 0.6 is 15.9 Å². The smallest absolute Gasteiger partial charge is 0.337 e. The van der Waals surface area contributed by atoms with Crippen LogP contribution in [-0.4, -0.2) is 36.1 Å². The van der Waals surface area contributed by atoms with E-state index in [2.05, 4.69) is 38.1 Å². The molecule has 4 aromatic carbocycles. The number of fused-ring (bicyclic) bond motifs is 2. The van der Waals surface area contributed by atoms with E-state index in [9.17, 15) is 14.4 Å². The molecule has 2 aliphatic rings. The van der Waals surface area contributed by atoms with E-state index in [4.69, 9.17) is 15.3 Å². The fourth-order valence-corrected chi connectivity index (χ4v) is 5.46. The van der Waals surface area contributed by atoms with Crippen LogP contribution in [0.2, 0.25) is 0 Å². The molecule has 2 aliphatic heterocycles. The maximum Gasteiger partial charge on any atom is 0.337 e. The summed E-state index contributed by atoms with van der Waals surface area (Å²) in [4.78, 5) is 45.3. The third-order valence-corrected chi connectivity index (χ3v) is 7.70. The van der Waals surface area contributed by atoms with Gasteiger partial charge in [0.25, 0.3) is 0 Å². The van der Waals surface area contributed by atoms with Gasteiger partial charge in [-0.15, -0.1) is 0 Å². The molecule has 2 heterocycles. The van der Waals surface area contributed by atoms with Crippen molar-refractivity contribution in [3.05, 3.63) is 128 Å². The van der Waals surface area contributed by atoms with E-state index in [0.29, 0.717) is 46.5 Å². The number of esters is 1. The van der Waals surface area contributed by atoms with Gasteiger partial charge in [-0.2, -0.15) is 10.5 Å². The summed E-state index contributed by atoms with van der Waals surface area (Å²) in [5, 5.41) is 18.0. The molecule has 0 saturated heterocycles. The van der Waals surface area contributed by atoms with Crippen molar-refractivity contribution in [1.29, 1.82) is 10.5 Å². The number of hydrogen-bond donors (Lipinski definition) is 0. The molecule has 45 heavy (non-hydrogen) atoms. The Morgan fingerprint density at radius 3 is 1.73 bits per heavy atom. The summed E-state index contributed by atoms with van der Waals surface area (Å²) in [5.41, 5.74) is 7.54. The van der Waals surface area contributed by atoms with E-state index in [1.54, 1.807) is 48.5 Å². The molecule has 8 nitrogen and oxygen atoms in total. The number of Topliss-reactive ketones (excluding diaryl/α,β-unsaturated/α-hetero) is 2. The first kappa shape index (κ1) is 30.9. The van der Waals surface area contributed by atoms with Crippen LogP contribution in [0.3, 0.4) is 0 Å². The maximum atomic E-state index is 12.3. The van der Waals surface area contributed by atoms with Crippen molar-refractivity contribution in [2.24, 2.45) is 9.98 Å². The number of nitrogens with zero attached hydrogens (tertiary/aromatic N) is 4. The molecule has 0 N–H and O–H groups in total. The molecule has 0 bridgehead atoms. The van der Waals surface area contributed by atoms with Gasteiger partial charge in [0.05, 0.1) is 58.7 Å². The SMILES string of the molecule is COC(=O)c1ccc2c(c1)CC(=O)CC(c1cccc(C#N)c1)=N2.N#Cc1cccc(C2=Nc3ccc(Br)cc3CC(=O)C2)c1. The first-order valence-corrected chi connectivity index (χ1v) is 14.7. The van der Waals surface area contributed by atoms with Crippen LogP contribution in [0.1, 0.15) is 56.6 Å². The Kier molecular flexibility index (Phi) is 9.52. The monoisotopic (exact) mass is 656 g/mol. The van der Waals surface area contributed by atoms with Crippen molar-refractivity contribution < 1.29 is 19.1 Å². The zero-order valence-corrected chi connectivity index (χ0v) is 25.8.